The number of nitro groups is 1. The molecule has 1 aromatic rings. The van der Waals surface area contributed by atoms with E-state index in [4.69, 9.17) is 4.74 Å². The predicted octanol–water partition coefficient (Wildman–Crippen LogP) is 3.10. The highest BCUT2D eigenvalue weighted by atomic mass is 79.9. The summed E-state index contributed by atoms with van der Waals surface area (Å²) in [6.07, 6.45) is -0.0411. The van der Waals surface area contributed by atoms with Crippen molar-refractivity contribution in [3.05, 3.63) is 32.8 Å². The Morgan fingerprint density at radius 3 is 2.76 bits per heavy atom. The molecule has 0 bridgehead atoms. The Morgan fingerprint density at radius 1 is 1.59 bits per heavy atom. The smallest absolute Gasteiger partial charge is 0.287 e. The highest BCUT2D eigenvalue weighted by Crippen LogP contribution is 2.34. The fraction of sp³-hybridized carbons (Fsp3) is 0.364. The molecular weight excluding hydrogens is 290 g/mol. The number of nitro benzene ring substituents is 1. The third-order valence-electron chi connectivity index (χ3n) is 2.04. The Bertz CT molecular complexity index is 447. The minimum absolute atomic E-state index is 0.0130. The highest BCUT2D eigenvalue weighted by Gasteiger charge is 2.17. The van der Waals surface area contributed by atoms with Crippen molar-refractivity contribution in [1.82, 2.24) is 0 Å². The van der Waals surface area contributed by atoms with Crippen LogP contribution >= 0.6 is 15.9 Å². The second-order valence-electron chi connectivity index (χ2n) is 3.68. The molecule has 0 amide bonds. The van der Waals surface area contributed by atoms with Gasteiger partial charge in [-0.25, -0.2) is 0 Å². The van der Waals surface area contributed by atoms with Gasteiger partial charge in [0.05, 0.1) is 4.92 Å². The van der Waals surface area contributed by atoms with Crippen LogP contribution in [0.1, 0.15) is 20.3 Å². The zero-order valence-corrected chi connectivity index (χ0v) is 11.1. The van der Waals surface area contributed by atoms with Crippen LogP contribution in [-0.2, 0) is 4.79 Å². The Hall–Kier alpha value is -1.43. The molecule has 92 valence electrons. The molecular formula is C11H12BrNO4. The number of hydrogen-bond donors (Lipinski definition) is 0. The minimum Gasteiger partial charge on any atom is -0.489 e. The third-order valence-corrected chi connectivity index (χ3v) is 2.84. The van der Waals surface area contributed by atoms with Crippen molar-refractivity contribution in [2.75, 3.05) is 0 Å². The van der Waals surface area contributed by atoms with Crippen LogP contribution in [0.25, 0.3) is 0 Å². The summed E-state index contributed by atoms with van der Waals surface area (Å²) in [5.74, 6) is 0.381. The summed E-state index contributed by atoms with van der Waals surface area (Å²) in [7, 11) is 0. The van der Waals surface area contributed by atoms with E-state index in [0.717, 1.165) is 0 Å². The van der Waals surface area contributed by atoms with Gasteiger partial charge in [0, 0.05) is 12.5 Å². The molecule has 0 saturated carbocycles. The highest BCUT2D eigenvalue weighted by molar-refractivity contribution is 9.10. The molecule has 0 aliphatic heterocycles. The summed E-state index contributed by atoms with van der Waals surface area (Å²) < 4.78 is 5.77. The SMILES string of the molecule is CC(=O)CC(C)Oc1cccc([N+](=O)[O-])c1Br. The molecule has 1 aromatic carbocycles. The van der Waals surface area contributed by atoms with Crippen LogP contribution in [0.3, 0.4) is 0 Å². The van der Waals surface area contributed by atoms with Gasteiger partial charge in [-0.1, -0.05) is 6.07 Å². The number of carbonyl (C=O) groups excluding carboxylic acids is 1. The van der Waals surface area contributed by atoms with E-state index < -0.39 is 4.92 Å². The largest absolute Gasteiger partial charge is 0.489 e. The maximum absolute atomic E-state index is 10.9. The van der Waals surface area contributed by atoms with E-state index >= 15 is 0 Å². The number of nitrogens with zero attached hydrogens (tertiary/aromatic N) is 1. The lowest BCUT2D eigenvalue weighted by atomic mass is 10.2. The van der Waals surface area contributed by atoms with E-state index in [1.807, 2.05) is 0 Å². The molecule has 0 spiro atoms. The van der Waals surface area contributed by atoms with Crippen LogP contribution in [0.2, 0.25) is 0 Å². The summed E-state index contributed by atoms with van der Waals surface area (Å²) in [5, 5.41) is 10.7. The normalized spacial score (nSPS) is 11.9. The molecule has 0 aliphatic carbocycles. The molecule has 0 fully saturated rings. The predicted molar refractivity (Wildman–Crippen MR) is 66.2 cm³/mol. The number of carbonyl (C=O) groups is 1. The van der Waals surface area contributed by atoms with Gasteiger partial charge in [-0.2, -0.15) is 0 Å². The summed E-state index contributed by atoms with van der Waals surface area (Å²) in [6.45, 7) is 3.22. The number of benzene rings is 1. The first-order valence-corrected chi connectivity index (χ1v) is 5.80. The summed E-state index contributed by atoms with van der Waals surface area (Å²) in [6, 6.07) is 4.54. The molecule has 0 aliphatic rings. The fourth-order valence-corrected chi connectivity index (χ4v) is 1.90. The zero-order valence-electron chi connectivity index (χ0n) is 9.47. The molecule has 0 N–H and O–H groups in total. The second-order valence-corrected chi connectivity index (χ2v) is 4.47. The zero-order chi connectivity index (χ0) is 13.0. The average Bonchev–Trinajstić information content (AvgIpc) is 2.19. The summed E-state index contributed by atoms with van der Waals surface area (Å²) in [4.78, 5) is 21.1. The second kappa shape index (κ2) is 5.77. The molecule has 1 rings (SSSR count). The lowest BCUT2D eigenvalue weighted by Gasteiger charge is -2.14. The average molecular weight is 302 g/mol. The van der Waals surface area contributed by atoms with Crippen molar-refractivity contribution in [2.45, 2.75) is 26.4 Å². The van der Waals surface area contributed by atoms with E-state index in [-0.39, 0.29) is 24.0 Å². The molecule has 0 saturated heterocycles. The molecule has 1 atom stereocenters. The topological polar surface area (TPSA) is 69.4 Å². The number of hydrogen-bond acceptors (Lipinski definition) is 4. The summed E-state index contributed by atoms with van der Waals surface area (Å²) in [5.41, 5.74) is -0.0578. The van der Waals surface area contributed by atoms with Crippen molar-refractivity contribution < 1.29 is 14.5 Å². The number of Topliss-reactive ketones (excluding diaryl/α,β-unsaturated/α-hetero) is 1. The van der Waals surface area contributed by atoms with Gasteiger partial charge < -0.3 is 4.74 Å². The van der Waals surface area contributed by atoms with E-state index in [0.29, 0.717) is 10.2 Å². The number of ketones is 1. The minimum atomic E-state index is -0.493. The quantitative estimate of drug-likeness (QED) is 0.619. The van der Waals surface area contributed by atoms with Gasteiger partial charge in [-0.15, -0.1) is 0 Å². The lowest BCUT2D eigenvalue weighted by molar-refractivity contribution is -0.385. The van der Waals surface area contributed by atoms with Crippen molar-refractivity contribution in [2.24, 2.45) is 0 Å². The van der Waals surface area contributed by atoms with E-state index in [1.165, 1.54) is 13.0 Å². The Labute approximate surface area is 107 Å². The Balaban J connectivity index is 2.88. The van der Waals surface area contributed by atoms with E-state index in [1.54, 1.807) is 19.1 Å². The number of ether oxygens (including phenoxy) is 1. The number of halogens is 1. The maximum atomic E-state index is 10.9. The molecule has 0 aromatic heterocycles. The number of rotatable bonds is 5. The van der Waals surface area contributed by atoms with E-state index in [2.05, 4.69) is 15.9 Å². The van der Waals surface area contributed by atoms with Gasteiger partial charge in [-0.05, 0) is 35.8 Å². The molecule has 6 heteroatoms. The molecule has 0 radical (unpaired) electrons. The molecule has 17 heavy (non-hydrogen) atoms. The van der Waals surface area contributed by atoms with Gasteiger partial charge in [-0.3, -0.25) is 14.9 Å². The monoisotopic (exact) mass is 301 g/mol. The van der Waals surface area contributed by atoms with Crippen molar-refractivity contribution in [1.29, 1.82) is 0 Å². The lowest BCUT2D eigenvalue weighted by Crippen LogP contribution is -2.15. The molecule has 0 heterocycles. The van der Waals surface area contributed by atoms with Crippen LogP contribution in [0.4, 0.5) is 5.69 Å². The van der Waals surface area contributed by atoms with Crippen LogP contribution < -0.4 is 4.74 Å². The van der Waals surface area contributed by atoms with Gasteiger partial charge in [0.25, 0.3) is 5.69 Å². The van der Waals surface area contributed by atoms with Crippen molar-refractivity contribution in [3.8, 4) is 5.75 Å². The Kier molecular flexibility index (Phi) is 4.62. The van der Waals surface area contributed by atoms with Crippen LogP contribution in [-0.4, -0.2) is 16.8 Å². The standard InChI is InChI=1S/C11H12BrNO4/c1-7(14)6-8(2)17-10-5-3-4-9(11(10)12)13(15)16/h3-5,8H,6H2,1-2H3. The van der Waals surface area contributed by atoms with Crippen LogP contribution in [0, 0.1) is 10.1 Å². The van der Waals surface area contributed by atoms with Gasteiger partial charge in [0.15, 0.2) is 0 Å². The molecule has 5 nitrogen and oxygen atoms in total. The maximum Gasteiger partial charge on any atom is 0.287 e. The third kappa shape index (κ3) is 3.81. The van der Waals surface area contributed by atoms with Gasteiger partial charge in [0.1, 0.15) is 22.1 Å². The van der Waals surface area contributed by atoms with Gasteiger partial charge in [0.2, 0.25) is 0 Å². The Morgan fingerprint density at radius 2 is 2.24 bits per heavy atom. The summed E-state index contributed by atoms with van der Waals surface area (Å²) >= 11 is 3.12. The van der Waals surface area contributed by atoms with Gasteiger partial charge >= 0.3 is 0 Å². The van der Waals surface area contributed by atoms with Crippen LogP contribution in [0.5, 0.6) is 5.75 Å². The first-order chi connectivity index (χ1) is 7.91. The van der Waals surface area contributed by atoms with Crippen LogP contribution in [0.15, 0.2) is 22.7 Å². The first kappa shape index (κ1) is 13.6. The van der Waals surface area contributed by atoms with Crippen molar-refractivity contribution >= 4 is 27.4 Å². The first-order valence-electron chi connectivity index (χ1n) is 5.00. The molecule has 1 unspecified atom stereocenters. The van der Waals surface area contributed by atoms with Crippen molar-refractivity contribution in [3.63, 3.8) is 0 Å². The fourth-order valence-electron chi connectivity index (χ4n) is 1.39. The van der Waals surface area contributed by atoms with E-state index in [9.17, 15) is 14.9 Å².